The third kappa shape index (κ3) is 9.00. The molecule has 0 saturated carbocycles. The van der Waals surface area contributed by atoms with Gasteiger partial charge in [-0.2, -0.15) is 0 Å². The molecule has 0 saturated heterocycles. The summed E-state index contributed by atoms with van der Waals surface area (Å²) >= 11 is 0. The predicted octanol–water partition coefficient (Wildman–Crippen LogP) is 5.17. The standard InChI is InChI=1S/C13H29P/c1-4-6-7-8-9-10-11-12-13(3,14)5-2/h4-12,14H2,1-3H3. The molecule has 0 fully saturated rings. The number of hydrogen-bond donors (Lipinski definition) is 0. The summed E-state index contributed by atoms with van der Waals surface area (Å²) in [5, 5.41) is 0.503. The van der Waals surface area contributed by atoms with Gasteiger partial charge >= 0.3 is 0 Å². The first kappa shape index (κ1) is 14.4. The first-order chi connectivity index (χ1) is 6.62. The summed E-state index contributed by atoms with van der Waals surface area (Å²) in [7, 11) is 3.01. The summed E-state index contributed by atoms with van der Waals surface area (Å²) in [6.45, 7) is 6.92. The van der Waals surface area contributed by atoms with Crippen molar-refractivity contribution in [1.29, 1.82) is 0 Å². The van der Waals surface area contributed by atoms with Crippen molar-refractivity contribution in [1.82, 2.24) is 0 Å². The fourth-order valence-corrected chi connectivity index (χ4v) is 1.87. The van der Waals surface area contributed by atoms with Crippen molar-refractivity contribution in [2.75, 3.05) is 0 Å². The molecule has 0 heterocycles. The van der Waals surface area contributed by atoms with Crippen LogP contribution in [0.3, 0.4) is 0 Å². The Balaban J connectivity index is 3.13. The molecule has 0 aromatic heterocycles. The minimum atomic E-state index is 0.503. The molecular formula is C13H29P. The summed E-state index contributed by atoms with van der Waals surface area (Å²) in [5.41, 5.74) is 0. The van der Waals surface area contributed by atoms with E-state index in [0.717, 1.165) is 0 Å². The molecular weight excluding hydrogens is 187 g/mol. The van der Waals surface area contributed by atoms with Gasteiger partial charge in [-0.3, -0.25) is 0 Å². The second-order valence-corrected chi connectivity index (χ2v) is 6.27. The molecule has 0 aromatic rings. The summed E-state index contributed by atoms with van der Waals surface area (Å²) in [6.07, 6.45) is 12.7. The van der Waals surface area contributed by atoms with Crippen molar-refractivity contribution in [2.45, 2.75) is 83.7 Å². The van der Waals surface area contributed by atoms with Crippen molar-refractivity contribution >= 4 is 9.24 Å². The van der Waals surface area contributed by atoms with Gasteiger partial charge in [-0.1, -0.05) is 65.7 Å². The minimum absolute atomic E-state index is 0.503. The van der Waals surface area contributed by atoms with E-state index in [1.807, 2.05) is 0 Å². The van der Waals surface area contributed by atoms with Crippen LogP contribution < -0.4 is 0 Å². The van der Waals surface area contributed by atoms with Crippen molar-refractivity contribution in [3.63, 3.8) is 0 Å². The molecule has 0 N–H and O–H groups in total. The van der Waals surface area contributed by atoms with Gasteiger partial charge in [0.1, 0.15) is 0 Å². The van der Waals surface area contributed by atoms with Crippen LogP contribution in [0.2, 0.25) is 0 Å². The zero-order valence-corrected chi connectivity index (χ0v) is 11.6. The van der Waals surface area contributed by atoms with Crippen LogP contribution in [0.4, 0.5) is 0 Å². The van der Waals surface area contributed by atoms with E-state index < -0.39 is 0 Å². The van der Waals surface area contributed by atoms with Gasteiger partial charge < -0.3 is 0 Å². The molecule has 0 rings (SSSR count). The first-order valence-corrected chi connectivity index (χ1v) is 6.99. The molecule has 0 aliphatic heterocycles. The zero-order chi connectivity index (χ0) is 10.9. The molecule has 86 valence electrons. The van der Waals surface area contributed by atoms with Crippen molar-refractivity contribution in [3.8, 4) is 0 Å². The smallest absolute Gasteiger partial charge is 0.0181 e. The molecule has 0 aliphatic rings. The quantitative estimate of drug-likeness (QED) is 0.368. The van der Waals surface area contributed by atoms with E-state index in [4.69, 9.17) is 0 Å². The third-order valence-corrected chi connectivity index (χ3v) is 3.86. The zero-order valence-electron chi connectivity index (χ0n) is 10.4. The molecule has 2 atom stereocenters. The Kier molecular flexibility index (Phi) is 8.98. The maximum absolute atomic E-state index is 3.01. The Labute approximate surface area is 93.4 Å². The average molecular weight is 216 g/mol. The summed E-state index contributed by atoms with van der Waals surface area (Å²) < 4.78 is 0. The second kappa shape index (κ2) is 8.72. The van der Waals surface area contributed by atoms with Gasteiger partial charge in [0.15, 0.2) is 0 Å². The van der Waals surface area contributed by atoms with Crippen molar-refractivity contribution in [3.05, 3.63) is 0 Å². The maximum Gasteiger partial charge on any atom is -0.0181 e. The van der Waals surface area contributed by atoms with Crippen molar-refractivity contribution in [2.24, 2.45) is 0 Å². The van der Waals surface area contributed by atoms with Gasteiger partial charge in [0, 0.05) is 0 Å². The molecule has 1 heteroatoms. The van der Waals surface area contributed by atoms with E-state index in [0.29, 0.717) is 5.16 Å². The molecule has 0 aliphatic carbocycles. The SMILES string of the molecule is CCCCCCCCCC(C)(P)CC. The van der Waals surface area contributed by atoms with Crippen LogP contribution >= 0.6 is 9.24 Å². The minimum Gasteiger partial charge on any atom is -0.131 e. The summed E-state index contributed by atoms with van der Waals surface area (Å²) in [5.74, 6) is 0. The fraction of sp³-hybridized carbons (Fsp3) is 1.00. The molecule has 14 heavy (non-hydrogen) atoms. The number of rotatable bonds is 9. The monoisotopic (exact) mass is 216 g/mol. The van der Waals surface area contributed by atoms with E-state index in [2.05, 4.69) is 30.0 Å². The lowest BCUT2D eigenvalue weighted by molar-refractivity contribution is 0.505. The lowest BCUT2D eigenvalue weighted by Gasteiger charge is -2.21. The molecule has 0 aromatic carbocycles. The normalized spacial score (nSPS) is 15.4. The van der Waals surface area contributed by atoms with E-state index in [1.54, 1.807) is 0 Å². The molecule has 0 nitrogen and oxygen atoms in total. The first-order valence-electron chi connectivity index (χ1n) is 6.41. The van der Waals surface area contributed by atoms with Crippen LogP contribution in [0.1, 0.15) is 78.6 Å². The fourth-order valence-electron chi connectivity index (χ4n) is 1.66. The maximum atomic E-state index is 3.01. The molecule has 0 bridgehead atoms. The second-order valence-electron chi connectivity index (χ2n) is 4.88. The molecule has 2 unspecified atom stereocenters. The van der Waals surface area contributed by atoms with E-state index in [9.17, 15) is 0 Å². The van der Waals surface area contributed by atoms with Gasteiger partial charge in [0.2, 0.25) is 0 Å². The lowest BCUT2D eigenvalue weighted by Crippen LogP contribution is -2.12. The van der Waals surface area contributed by atoms with Crippen LogP contribution in [-0.2, 0) is 0 Å². The van der Waals surface area contributed by atoms with Crippen molar-refractivity contribution < 1.29 is 0 Å². The summed E-state index contributed by atoms with van der Waals surface area (Å²) in [4.78, 5) is 0. The van der Waals surface area contributed by atoms with Crippen LogP contribution in [0.15, 0.2) is 0 Å². The Morgan fingerprint density at radius 3 is 1.86 bits per heavy atom. The van der Waals surface area contributed by atoms with Gasteiger partial charge in [0.25, 0.3) is 0 Å². The Hall–Kier alpha value is 0.430. The number of unbranched alkanes of at least 4 members (excludes halogenated alkanes) is 6. The van der Waals surface area contributed by atoms with Crippen LogP contribution in [0.5, 0.6) is 0 Å². The van der Waals surface area contributed by atoms with Gasteiger partial charge in [0.05, 0.1) is 0 Å². The molecule has 0 spiro atoms. The highest BCUT2D eigenvalue weighted by molar-refractivity contribution is 7.18. The van der Waals surface area contributed by atoms with E-state index in [1.165, 1.54) is 57.8 Å². The largest absolute Gasteiger partial charge is 0.131 e. The number of hydrogen-bond acceptors (Lipinski definition) is 0. The predicted molar refractivity (Wildman–Crippen MR) is 71.0 cm³/mol. The Morgan fingerprint density at radius 2 is 1.36 bits per heavy atom. The van der Waals surface area contributed by atoms with E-state index in [-0.39, 0.29) is 0 Å². The third-order valence-electron chi connectivity index (χ3n) is 3.16. The lowest BCUT2D eigenvalue weighted by atomic mass is 9.98. The van der Waals surface area contributed by atoms with Gasteiger partial charge in [-0.05, 0) is 18.0 Å². The van der Waals surface area contributed by atoms with Gasteiger partial charge in [-0.25, -0.2) is 0 Å². The van der Waals surface area contributed by atoms with E-state index >= 15 is 0 Å². The highest BCUT2D eigenvalue weighted by Gasteiger charge is 2.13. The van der Waals surface area contributed by atoms with Crippen LogP contribution in [0, 0.1) is 0 Å². The highest BCUT2D eigenvalue weighted by atomic mass is 31.0. The summed E-state index contributed by atoms with van der Waals surface area (Å²) in [6, 6.07) is 0. The Bertz CT molecular complexity index is 118. The molecule has 0 amide bonds. The molecule has 0 radical (unpaired) electrons. The average Bonchev–Trinajstić information content (AvgIpc) is 2.16. The van der Waals surface area contributed by atoms with Gasteiger partial charge in [-0.15, -0.1) is 9.24 Å². The van der Waals surface area contributed by atoms with Crippen LogP contribution in [0.25, 0.3) is 0 Å². The van der Waals surface area contributed by atoms with Crippen LogP contribution in [-0.4, -0.2) is 5.16 Å². The highest BCUT2D eigenvalue weighted by Crippen LogP contribution is 2.28. The Morgan fingerprint density at radius 1 is 0.857 bits per heavy atom. The topological polar surface area (TPSA) is 0 Å².